The van der Waals surface area contributed by atoms with Crippen molar-refractivity contribution in [2.45, 2.75) is 25.9 Å². The predicted molar refractivity (Wildman–Crippen MR) is 50.6 cm³/mol. The average molecular weight is 216 g/mol. The van der Waals surface area contributed by atoms with Gasteiger partial charge in [-0.1, -0.05) is 29.8 Å². The van der Waals surface area contributed by atoms with E-state index in [1.807, 2.05) is 6.92 Å². The van der Waals surface area contributed by atoms with Gasteiger partial charge in [-0.3, -0.25) is 4.79 Å². The molecule has 0 aliphatic rings. The second-order valence-electron chi connectivity index (χ2n) is 3.49. The molecule has 4 heteroatoms. The van der Waals surface area contributed by atoms with Crippen LogP contribution in [0.5, 0.6) is 0 Å². The van der Waals surface area contributed by atoms with Crippen molar-refractivity contribution in [3.8, 4) is 0 Å². The molecule has 0 aliphatic heterocycles. The molecule has 0 spiro atoms. The summed E-state index contributed by atoms with van der Waals surface area (Å²) in [6.45, 7) is 1.88. The molecule has 0 atom stereocenters. The van der Waals surface area contributed by atoms with Crippen LogP contribution in [-0.4, -0.2) is 12.0 Å². The van der Waals surface area contributed by atoms with Crippen molar-refractivity contribution in [2.24, 2.45) is 0 Å². The molecule has 1 nitrogen and oxygen atoms in total. The third kappa shape index (κ3) is 4.63. The van der Waals surface area contributed by atoms with Crippen LogP contribution in [0.4, 0.5) is 13.2 Å². The van der Waals surface area contributed by atoms with Crippen LogP contribution >= 0.6 is 0 Å². The number of alkyl halides is 3. The third-order valence-corrected chi connectivity index (χ3v) is 1.92. The van der Waals surface area contributed by atoms with Crippen LogP contribution in [0.2, 0.25) is 0 Å². The number of carbonyl (C=O) groups excluding carboxylic acids is 1. The maximum atomic E-state index is 11.9. The van der Waals surface area contributed by atoms with E-state index in [0.717, 1.165) is 5.56 Å². The molecule has 15 heavy (non-hydrogen) atoms. The quantitative estimate of drug-likeness (QED) is 0.758. The van der Waals surface area contributed by atoms with Crippen LogP contribution in [-0.2, 0) is 11.2 Å². The molecule has 0 saturated heterocycles. The number of aryl methyl sites for hydroxylation is 1. The fourth-order valence-corrected chi connectivity index (χ4v) is 1.22. The Hall–Kier alpha value is -1.32. The van der Waals surface area contributed by atoms with E-state index in [9.17, 15) is 18.0 Å². The second-order valence-corrected chi connectivity index (χ2v) is 3.49. The van der Waals surface area contributed by atoms with E-state index >= 15 is 0 Å². The highest BCUT2D eigenvalue weighted by Crippen LogP contribution is 2.20. The summed E-state index contributed by atoms with van der Waals surface area (Å²) < 4.78 is 35.6. The molecular weight excluding hydrogens is 205 g/mol. The van der Waals surface area contributed by atoms with Crippen LogP contribution in [0, 0.1) is 6.92 Å². The second kappa shape index (κ2) is 4.47. The first kappa shape index (κ1) is 11.8. The van der Waals surface area contributed by atoms with E-state index in [2.05, 4.69) is 0 Å². The van der Waals surface area contributed by atoms with Gasteiger partial charge in [0.05, 0.1) is 0 Å². The van der Waals surface area contributed by atoms with Gasteiger partial charge < -0.3 is 0 Å². The zero-order valence-electron chi connectivity index (χ0n) is 8.27. The van der Waals surface area contributed by atoms with E-state index in [-0.39, 0.29) is 6.42 Å². The fourth-order valence-electron chi connectivity index (χ4n) is 1.22. The van der Waals surface area contributed by atoms with Crippen LogP contribution in [0.25, 0.3) is 0 Å². The van der Waals surface area contributed by atoms with Crippen LogP contribution in [0.1, 0.15) is 17.5 Å². The van der Waals surface area contributed by atoms with Gasteiger partial charge in [0.2, 0.25) is 0 Å². The first-order valence-electron chi connectivity index (χ1n) is 4.51. The summed E-state index contributed by atoms with van der Waals surface area (Å²) in [5, 5.41) is 0. The summed E-state index contributed by atoms with van der Waals surface area (Å²) in [7, 11) is 0. The Morgan fingerprint density at radius 2 is 1.73 bits per heavy atom. The van der Waals surface area contributed by atoms with Gasteiger partial charge in [-0.25, -0.2) is 0 Å². The summed E-state index contributed by atoms with van der Waals surface area (Å²) in [6.07, 6.45) is -5.90. The largest absolute Gasteiger partial charge is 0.395 e. The summed E-state index contributed by atoms with van der Waals surface area (Å²) >= 11 is 0. The monoisotopic (exact) mass is 216 g/mol. The Balaban J connectivity index is 2.55. The lowest BCUT2D eigenvalue weighted by Gasteiger charge is -2.05. The highest BCUT2D eigenvalue weighted by Gasteiger charge is 2.30. The van der Waals surface area contributed by atoms with Gasteiger partial charge in [0.1, 0.15) is 12.2 Å². The maximum Gasteiger partial charge on any atom is 0.395 e. The number of rotatable bonds is 3. The molecule has 1 aromatic rings. The Kier molecular flexibility index (Phi) is 3.50. The summed E-state index contributed by atoms with van der Waals surface area (Å²) in [5.41, 5.74) is 1.64. The Labute approximate surface area is 85.9 Å². The number of carbonyl (C=O) groups is 1. The first-order chi connectivity index (χ1) is 6.87. The number of benzene rings is 1. The first-order valence-corrected chi connectivity index (χ1v) is 4.51. The molecule has 0 aromatic heterocycles. The molecule has 0 aliphatic carbocycles. The van der Waals surface area contributed by atoms with E-state index in [0.29, 0.717) is 5.56 Å². The molecule has 0 bridgehead atoms. The molecule has 82 valence electrons. The highest BCUT2D eigenvalue weighted by molar-refractivity contribution is 5.81. The lowest BCUT2D eigenvalue weighted by molar-refractivity contribution is -0.151. The normalized spacial score (nSPS) is 11.5. The van der Waals surface area contributed by atoms with Crippen LogP contribution in [0.3, 0.4) is 0 Å². The van der Waals surface area contributed by atoms with Gasteiger partial charge in [0.15, 0.2) is 0 Å². The lowest BCUT2D eigenvalue weighted by atomic mass is 10.1. The van der Waals surface area contributed by atoms with Gasteiger partial charge in [0, 0.05) is 6.42 Å². The highest BCUT2D eigenvalue weighted by atomic mass is 19.4. The molecule has 0 radical (unpaired) electrons. The molecule has 0 saturated carbocycles. The minimum absolute atomic E-state index is 0.153. The third-order valence-electron chi connectivity index (χ3n) is 1.92. The smallest absolute Gasteiger partial charge is 0.299 e. The van der Waals surface area contributed by atoms with Crippen molar-refractivity contribution < 1.29 is 18.0 Å². The van der Waals surface area contributed by atoms with Gasteiger partial charge in [-0.15, -0.1) is 0 Å². The summed E-state index contributed by atoms with van der Waals surface area (Å²) in [4.78, 5) is 11.0. The van der Waals surface area contributed by atoms with Crippen LogP contribution in [0.15, 0.2) is 24.3 Å². The topological polar surface area (TPSA) is 17.1 Å². The van der Waals surface area contributed by atoms with Crippen molar-refractivity contribution in [2.75, 3.05) is 0 Å². The zero-order chi connectivity index (χ0) is 11.5. The van der Waals surface area contributed by atoms with E-state index in [1.54, 1.807) is 24.3 Å². The molecule has 0 heterocycles. The van der Waals surface area contributed by atoms with E-state index < -0.39 is 18.4 Å². The SMILES string of the molecule is Cc1ccc(CC(=O)CC(F)(F)F)cc1. The van der Waals surface area contributed by atoms with Crippen molar-refractivity contribution in [3.05, 3.63) is 35.4 Å². The summed E-state index contributed by atoms with van der Waals surface area (Å²) in [6, 6.07) is 6.89. The number of Topliss-reactive ketones (excluding diaryl/α,β-unsaturated/α-hetero) is 1. The van der Waals surface area contributed by atoms with Crippen molar-refractivity contribution in [1.29, 1.82) is 0 Å². The minimum Gasteiger partial charge on any atom is -0.299 e. The molecule has 0 fully saturated rings. The number of hydrogen-bond acceptors (Lipinski definition) is 1. The number of halogens is 3. The van der Waals surface area contributed by atoms with E-state index in [1.165, 1.54) is 0 Å². The van der Waals surface area contributed by atoms with Crippen molar-refractivity contribution >= 4 is 5.78 Å². The van der Waals surface area contributed by atoms with Crippen LogP contribution < -0.4 is 0 Å². The number of hydrogen-bond donors (Lipinski definition) is 0. The zero-order valence-corrected chi connectivity index (χ0v) is 8.27. The summed E-state index contributed by atoms with van der Waals surface area (Å²) in [5.74, 6) is -0.800. The van der Waals surface area contributed by atoms with Gasteiger partial charge in [-0.2, -0.15) is 13.2 Å². The minimum atomic E-state index is -4.40. The van der Waals surface area contributed by atoms with Gasteiger partial charge in [0.25, 0.3) is 0 Å². The van der Waals surface area contributed by atoms with Crippen molar-refractivity contribution in [3.63, 3.8) is 0 Å². The average Bonchev–Trinajstić information content (AvgIpc) is 2.05. The Morgan fingerprint density at radius 1 is 1.20 bits per heavy atom. The molecule has 0 unspecified atom stereocenters. The molecule has 1 rings (SSSR count). The lowest BCUT2D eigenvalue weighted by Crippen LogP contribution is -2.16. The maximum absolute atomic E-state index is 11.9. The number of ketones is 1. The molecule has 0 amide bonds. The fraction of sp³-hybridized carbons (Fsp3) is 0.364. The van der Waals surface area contributed by atoms with Crippen molar-refractivity contribution in [1.82, 2.24) is 0 Å². The van der Waals surface area contributed by atoms with Gasteiger partial charge >= 0.3 is 6.18 Å². The molecule has 1 aromatic carbocycles. The molecular formula is C11H11F3O. The Bertz CT molecular complexity index is 338. The van der Waals surface area contributed by atoms with E-state index in [4.69, 9.17) is 0 Å². The van der Waals surface area contributed by atoms with Gasteiger partial charge in [-0.05, 0) is 12.5 Å². The Morgan fingerprint density at radius 3 is 2.20 bits per heavy atom. The predicted octanol–water partition coefficient (Wildman–Crippen LogP) is 3.06. The standard InChI is InChI=1S/C11H11F3O/c1-8-2-4-9(5-3-8)6-10(15)7-11(12,13)14/h2-5H,6-7H2,1H3. The molecule has 0 N–H and O–H groups in total.